The number of aromatic nitrogens is 1. The second-order valence-electron chi connectivity index (χ2n) is 4.84. The quantitative estimate of drug-likeness (QED) is 0.846. The van der Waals surface area contributed by atoms with Crippen molar-refractivity contribution in [1.82, 2.24) is 5.16 Å². The molecule has 6 heteroatoms. The van der Waals surface area contributed by atoms with Crippen LogP contribution in [0.1, 0.15) is 23.3 Å². The summed E-state index contributed by atoms with van der Waals surface area (Å²) >= 11 is 0. The average Bonchev–Trinajstić information content (AvgIpc) is 2.80. The number of hydrogen-bond acceptors (Lipinski definition) is 4. The maximum Gasteiger partial charge on any atom is 0.235 e. The van der Waals surface area contributed by atoms with E-state index in [-0.39, 0.29) is 12.3 Å². The molecule has 0 atom stereocenters. The first-order valence-corrected chi connectivity index (χ1v) is 6.55. The maximum atomic E-state index is 11.9. The zero-order valence-corrected chi connectivity index (χ0v) is 12.2. The van der Waals surface area contributed by atoms with Crippen LogP contribution in [0.4, 0.5) is 11.5 Å². The van der Waals surface area contributed by atoms with Crippen LogP contribution >= 0.6 is 0 Å². The highest BCUT2D eigenvalue weighted by Crippen LogP contribution is 2.18. The summed E-state index contributed by atoms with van der Waals surface area (Å²) in [7, 11) is 0. The lowest BCUT2D eigenvalue weighted by molar-refractivity contribution is -0.123. The summed E-state index contributed by atoms with van der Waals surface area (Å²) in [5, 5.41) is 8.86. The monoisotopic (exact) mass is 287 g/mol. The normalized spacial score (nSPS) is 10.2. The van der Waals surface area contributed by atoms with E-state index in [2.05, 4.69) is 15.8 Å². The number of amides is 2. The molecule has 0 aliphatic rings. The van der Waals surface area contributed by atoms with E-state index in [4.69, 9.17) is 4.52 Å². The van der Waals surface area contributed by atoms with E-state index in [0.717, 1.165) is 11.1 Å². The van der Waals surface area contributed by atoms with Gasteiger partial charge in [-0.05, 0) is 38.0 Å². The molecule has 0 unspecified atom stereocenters. The maximum absolute atomic E-state index is 11.9. The average molecular weight is 287 g/mol. The number of anilines is 2. The van der Waals surface area contributed by atoms with Gasteiger partial charge in [-0.1, -0.05) is 17.3 Å². The minimum absolute atomic E-state index is 0.278. The van der Waals surface area contributed by atoms with Crippen LogP contribution in [0.5, 0.6) is 0 Å². The molecule has 0 spiro atoms. The summed E-state index contributed by atoms with van der Waals surface area (Å²) in [5.74, 6) is 0.0784. The molecule has 110 valence electrons. The van der Waals surface area contributed by atoms with Gasteiger partial charge < -0.3 is 15.2 Å². The highest BCUT2D eigenvalue weighted by atomic mass is 16.5. The highest BCUT2D eigenvalue weighted by Gasteiger charge is 2.12. The van der Waals surface area contributed by atoms with E-state index >= 15 is 0 Å². The molecule has 0 saturated carbocycles. The molecule has 0 saturated heterocycles. The summed E-state index contributed by atoms with van der Waals surface area (Å²) in [6.07, 6.45) is -0.278. The topological polar surface area (TPSA) is 84.2 Å². The van der Waals surface area contributed by atoms with Gasteiger partial charge in [0.05, 0.1) is 0 Å². The predicted octanol–water partition coefficient (Wildman–Crippen LogP) is 2.57. The molecular formula is C15H17N3O3. The van der Waals surface area contributed by atoms with E-state index in [1.54, 1.807) is 19.1 Å². The third-order valence-corrected chi connectivity index (χ3v) is 3.10. The van der Waals surface area contributed by atoms with Crippen molar-refractivity contribution in [2.75, 3.05) is 10.6 Å². The van der Waals surface area contributed by atoms with Gasteiger partial charge in [0.1, 0.15) is 12.2 Å². The SMILES string of the molecule is Cc1cc(NC(=O)CC(=O)Nc2cccc(C)c2C)no1. The molecule has 0 radical (unpaired) electrons. The predicted molar refractivity (Wildman–Crippen MR) is 79.0 cm³/mol. The van der Waals surface area contributed by atoms with Crippen molar-refractivity contribution in [3.05, 3.63) is 41.2 Å². The third-order valence-electron chi connectivity index (χ3n) is 3.10. The first kappa shape index (κ1) is 14.8. The number of carbonyl (C=O) groups excluding carboxylic acids is 2. The van der Waals surface area contributed by atoms with Gasteiger partial charge in [-0.25, -0.2) is 0 Å². The standard InChI is InChI=1S/C15H17N3O3/c1-9-5-4-6-12(11(9)3)16-14(19)8-15(20)17-13-7-10(2)21-18-13/h4-7H,8H2,1-3H3,(H,16,19)(H,17,18,20). The summed E-state index contributed by atoms with van der Waals surface area (Å²) in [4.78, 5) is 23.6. The Hall–Kier alpha value is -2.63. The molecule has 1 heterocycles. The van der Waals surface area contributed by atoms with Crippen molar-refractivity contribution in [1.29, 1.82) is 0 Å². The van der Waals surface area contributed by atoms with Gasteiger partial charge >= 0.3 is 0 Å². The second kappa shape index (κ2) is 6.21. The first-order valence-electron chi connectivity index (χ1n) is 6.55. The van der Waals surface area contributed by atoms with Gasteiger partial charge in [-0.2, -0.15) is 0 Å². The van der Waals surface area contributed by atoms with Crippen molar-refractivity contribution < 1.29 is 14.1 Å². The molecule has 0 fully saturated rings. The fraction of sp³-hybridized carbons (Fsp3) is 0.267. The van der Waals surface area contributed by atoms with Crippen LogP contribution in [0.15, 0.2) is 28.8 Å². The summed E-state index contributed by atoms with van der Waals surface area (Å²) < 4.78 is 4.83. The van der Waals surface area contributed by atoms with Crippen molar-refractivity contribution in [3.8, 4) is 0 Å². The molecule has 2 aromatic rings. The number of hydrogen-bond donors (Lipinski definition) is 2. The smallest absolute Gasteiger partial charge is 0.235 e. The molecule has 0 bridgehead atoms. The van der Waals surface area contributed by atoms with Crippen LogP contribution in [-0.2, 0) is 9.59 Å². The lowest BCUT2D eigenvalue weighted by Gasteiger charge is -2.10. The Balaban J connectivity index is 1.92. The van der Waals surface area contributed by atoms with Gasteiger partial charge in [0.25, 0.3) is 0 Å². The van der Waals surface area contributed by atoms with Crippen LogP contribution in [-0.4, -0.2) is 17.0 Å². The molecule has 2 amide bonds. The number of aryl methyl sites for hydroxylation is 2. The van der Waals surface area contributed by atoms with Crippen LogP contribution in [0.3, 0.4) is 0 Å². The lowest BCUT2D eigenvalue weighted by atomic mass is 10.1. The second-order valence-corrected chi connectivity index (χ2v) is 4.84. The third kappa shape index (κ3) is 3.92. The number of carbonyl (C=O) groups is 2. The van der Waals surface area contributed by atoms with Gasteiger partial charge in [0.2, 0.25) is 11.8 Å². The van der Waals surface area contributed by atoms with Crippen LogP contribution < -0.4 is 10.6 Å². The van der Waals surface area contributed by atoms with Gasteiger partial charge in [0.15, 0.2) is 5.82 Å². The molecular weight excluding hydrogens is 270 g/mol. The molecule has 21 heavy (non-hydrogen) atoms. The fourth-order valence-corrected chi connectivity index (χ4v) is 1.84. The summed E-state index contributed by atoms with van der Waals surface area (Å²) in [6, 6.07) is 7.21. The Labute approximate surface area is 122 Å². The molecule has 6 nitrogen and oxygen atoms in total. The minimum Gasteiger partial charge on any atom is -0.360 e. The largest absolute Gasteiger partial charge is 0.360 e. The summed E-state index contributed by atoms with van der Waals surface area (Å²) in [6.45, 7) is 5.60. The van der Waals surface area contributed by atoms with Crippen LogP contribution in [0, 0.1) is 20.8 Å². The van der Waals surface area contributed by atoms with E-state index in [0.29, 0.717) is 17.3 Å². The van der Waals surface area contributed by atoms with Crippen LogP contribution in [0.25, 0.3) is 0 Å². The van der Waals surface area contributed by atoms with E-state index in [1.807, 2.05) is 26.0 Å². The van der Waals surface area contributed by atoms with E-state index in [9.17, 15) is 9.59 Å². The fourth-order valence-electron chi connectivity index (χ4n) is 1.84. The van der Waals surface area contributed by atoms with Gasteiger partial charge in [-0.3, -0.25) is 9.59 Å². The molecule has 2 rings (SSSR count). The number of benzene rings is 1. The van der Waals surface area contributed by atoms with E-state index in [1.165, 1.54) is 0 Å². The number of nitrogens with zero attached hydrogens (tertiary/aromatic N) is 1. The number of nitrogens with one attached hydrogen (secondary N) is 2. The van der Waals surface area contributed by atoms with Crippen molar-refractivity contribution in [2.45, 2.75) is 27.2 Å². The molecule has 0 aliphatic carbocycles. The Morgan fingerprint density at radius 1 is 1.14 bits per heavy atom. The lowest BCUT2D eigenvalue weighted by Crippen LogP contribution is -2.22. The molecule has 2 N–H and O–H groups in total. The Morgan fingerprint density at radius 2 is 1.86 bits per heavy atom. The first-order chi connectivity index (χ1) is 9.95. The van der Waals surface area contributed by atoms with Gasteiger partial charge in [-0.15, -0.1) is 0 Å². The Kier molecular flexibility index (Phi) is 4.37. The molecule has 1 aromatic heterocycles. The zero-order valence-electron chi connectivity index (χ0n) is 12.2. The van der Waals surface area contributed by atoms with Crippen LogP contribution in [0.2, 0.25) is 0 Å². The Bertz CT molecular complexity index is 677. The van der Waals surface area contributed by atoms with Gasteiger partial charge in [0, 0.05) is 11.8 Å². The summed E-state index contributed by atoms with van der Waals surface area (Å²) in [5.41, 5.74) is 2.78. The van der Waals surface area contributed by atoms with Crippen molar-refractivity contribution in [3.63, 3.8) is 0 Å². The van der Waals surface area contributed by atoms with Crippen molar-refractivity contribution >= 4 is 23.3 Å². The Morgan fingerprint density at radius 3 is 2.52 bits per heavy atom. The van der Waals surface area contributed by atoms with E-state index < -0.39 is 5.91 Å². The molecule has 1 aromatic carbocycles. The zero-order chi connectivity index (χ0) is 15.4. The minimum atomic E-state index is -0.439. The highest BCUT2D eigenvalue weighted by molar-refractivity contribution is 6.08. The molecule has 0 aliphatic heterocycles. The van der Waals surface area contributed by atoms with Crippen molar-refractivity contribution in [2.24, 2.45) is 0 Å². The number of rotatable bonds is 4.